The van der Waals surface area contributed by atoms with Gasteiger partial charge in [0.2, 0.25) is 11.1 Å². The molecule has 0 spiro atoms. The third-order valence-electron chi connectivity index (χ3n) is 3.17. The Morgan fingerprint density at radius 1 is 1.25 bits per heavy atom. The Morgan fingerprint density at radius 2 is 2.08 bits per heavy atom. The molecule has 0 aliphatic carbocycles. The van der Waals surface area contributed by atoms with Crippen molar-refractivity contribution in [2.75, 3.05) is 11.1 Å². The van der Waals surface area contributed by atoms with Crippen LogP contribution in [0.15, 0.2) is 58.2 Å². The molecule has 3 aromatic rings. The number of tetrazole rings is 1. The first-order chi connectivity index (χ1) is 11.6. The van der Waals surface area contributed by atoms with Crippen molar-refractivity contribution in [2.24, 2.45) is 0 Å². The topological polar surface area (TPSA) is 72.7 Å². The zero-order valence-corrected chi connectivity index (χ0v) is 15.2. The van der Waals surface area contributed by atoms with Crippen LogP contribution in [0.1, 0.15) is 5.56 Å². The normalized spacial score (nSPS) is 10.6. The molecule has 8 heteroatoms. The average Bonchev–Trinajstić information content (AvgIpc) is 3.04. The van der Waals surface area contributed by atoms with Gasteiger partial charge in [0.15, 0.2) is 0 Å². The second kappa shape index (κ2) is 7.59. The molecule has 0 radical (unpaired) electrons. The molecule has 0 aliphatic rings. The van der Waals surface area contributed by atoms with Gasteiger partial charge in [0.25, 0.3) is 0 Å². The summed E-state index contributed by atoms with van der Waals surface area (Å²) in [6.07, 6.45) is 0. The number of hydrogen-bond acceptors (Lipinski definition) is 5. The van der Waals surface area contributed by atoms with E-state index in [-0.39, 0.29) is 11.7 Å². The molecule has 0 saturated carbocycles. The van der Waals surface area contributed by atoms with Crippen LogP contribution in [0.25, 0.3) is 5.69 Å². The van der Waals surface area contributed by atoms with E-state index >= 15 is 0 Å². The average molecular weight is 404 g/mol. The van der Waals surface area contributed by atoms with Gasteiger partial charge in [-0.3, -0.25) is 4.79 Å². The molecule has 1 heterocycles. The van der Waals surface area contributed by atoms with E-state index in [2.05, 4.69) is 36.8 Å². The lowest BCUT2D eigenvalue weighted by atomic mass is 10.2. The number of thioether (sulfide) groups is 1. The van der Waals surface area contributed by atoms with E-state index in [1.165, 1.54) is 11.8 Å². The Morgan fingerprint density at radius 3 is 2.88 bits per heavy atom. The van der Waals surface area contributed by atoms with Gasteiger partial charge in [-0.15, -0.1) is 5.10 Å². The Balaban J connectivity index is 1.67. The first kappa shape index (κ1) is 16.7. The van der Waals surface area contributed by atoms with Gasteiger partial charge in [-0.2, -0.15) is 4.68 Å². The molecule has 24 heavy (non-hydrogen) atoms. The fourth-order valence-electron chi connectivity index (χ4n) is 2.07. The molecule has 0 atom stereocenters. The van der Waals surface area contributed by atoms with Crippen molar-refractivity contribution in [1.29, 1.82) is 0 Å². The van der Waals surface area contributed by atoms with Gasteiger partial charge in [0.1, 0.15) is 0 Å². The van der Waals surface area contributed by atoms with E-state index in [0.717, 1.165) is 21.4 Å². The third-order valence-corrected chi connectivity index (χ3v) is 4.78. The number of aryl methyl sites for hydroxylation is 1. The molecule has 1 amide bonds. The summed E-state index contributed by atoms with van der Waals surface area (Å²) in [6, 6.07) is 15.3. The van der Waals surface area contributed by atoms with Gasteiger partial charge in [0, 0.05) is 4.47 Å². The van der Waals surface area contributed by atoms with Gasteiger partial charge in [-0.1, -0.05) is 36.0 Å². The maximum Gasteiger partial charge on any atom is 0.234 e. The lowest BCUT2D eigenvalue weighted by Crippen LogP contribution is -2.15. The fourth-order valence-corrected chi connectivity index (χ4v) is 3.14. The highest BCUT2D eigenvalue weighted by atomic mass is 79.9. The predicted molar refractivity (Wildman–Crippen MR) is 97.4 cm³/mol. The van der Waals surface area contributed by atoms with E-state index in [9.17, 15) is 4.79 Å². The number of halogens is 1. The first-order valence-corrected chi connectivity index (χ1v) is 8.94. The summed E-state index contributed by atoms with van der Waals surface area (Å²) >= 11 is 4.69. The monoisotopic (exact) mass is 403 g/mol. The number of nitrogens with zero attached hydrogens (tertiary/aromatic N) is 4. The largest absolute Gasteiger partial charge is 0.324 e. The fraction of sp³-hybridized carbons (Fsp3) is 0.125. The van der Waals surface area contributed by atoms with E-state index in [1.54, 1.807) is 4.68 Å². The van der Waals surface area contributed by atoms with Crippen LogP contribution >= 0.6 is 27.7 Å². The summed E-state index contributed by atoms with van der Waals surface area (Å²) in [7, 11) is 0. The molecule has 0 aliphatic heterocycles. The van der Waals surface area contributed by atoms with Crippen molar-refractivity contribution in [3.8, 4) is 5.69 Å². The van der Waals surface area contributed by atoms with Crippen LogP contribution in [0, 0.1) is 6.92 Å². The summed E-state index contributed by atoms with van der Waals surface area (Å²) in [6.45, 7) is 2.01. The third kappa shape index (κ3) is 4.01. The van der Waals surface area contributed by atoms with E-state index < -0.39 is 0 Å². The minimum absolute atomic E-state index is 0.120. The van der Waals surface area contributed by atoms with E-state index in [1.807, 2.05) is 55.5 Å². The number of nitrogens with one attached hydrogen (secondary N) is 1. The molecule has 0 fully saturated rings. The van der Waals surface area contributed by atoms with Gasteiger partial charge >= 0.3 is 0 Å². The minimum atomic E-state index is -0.120. The summed E-state index contributed by atoms with van der Waals surface area (Å²) < 4.78 is 2.47. The number of para-hydroxylation sites is 1. The van der Waals surface area contributed by atoms with Crippen LogP contribution in [-0.2, 0) is 4.79 Å². The predicted octanol–water partition coefficient (Wildman–Crippen LogP) is 3.46. The minimum Gasteiger partial charge on any atom is -0.324 e. The summed E-state index contributed by atoms with van der Waals surface area (Å²) in [5, 5.41) is 15.1. The molecule has 6 nitrogen and oxygen atoms in total. The summed E-state index contributed by atoms with van der Waals surface area (Å²) in [4.78, 5) is 12.1. The Hall–Kier alpha value is -2.19. The molecule has 0 unspecified atom stereocenters. The van der Waals surface area contributed by atoms with Crippen molar-refractivity contribution >= 4 is 39.3 Å². The standard InChI is InChI=1S/C16H14BrN5OS/c1-11-5-4-6-12(9-11)22-16(19-20-21-22)24-10-15(23)18-14-8-3-2-7-13(14)17/h2-9H,10H2,1H3,(H,18,23). The highest BCUT2D eigenvalue weighted by Gasteiger charge is 2.12. The number of aromatic nitrogens is 4. The molecule has 0 saturated heterocycles. The molecule has 122 valence electrons. The molecule has 3 rings (SSSR count). The second-order valence-electron chi connectivity index (χ2n) is 5.03. The van der Waals surface area contributed by atoms with Gasteiger partial charge < -0.3 is 5.32 Å². The number of carbonyl (C=O) groups excluding carboxylic acids is 1. The van der Waals surface area contributed by atoms with Crippen LogP contribution in [0.2, 0.25) is 0 Å². The molecular formula is C16H14BrN5OS. The van der Waals surface area contributed by atoms with Gasteiger partial charge in [-0.25, -0.2) is 0 Å². The van der Waals surface area contributed by atoms with Crippen LogP contribution in [0.5, 0.6) is 0 Å². The van der Waals surface area contributed by atoms with Crippen molar-refractivity contribution in [1.82, 2.24) is 20.2 Å². The van der Waals surface area contributed by atoms with Crippen LogP contribution < -0.4 is 5.32 Å². The number of hydrogen-bond donors (Lipinski definition) is 1. The Kier molecular flexibility index (Phi) is 5.27. The molecule has 1 N–H and O–H groups in total. The van der Waals surface area contributed by atoms with Crippen molar-refractivity contribution < 1.29 is 4.79 Å². The Labute approximate surface area is 151 Å². The summed E-state index contributed by atoms with van der Waals surface area (Å²) in [5.41, 5.74) is 2.72. The SMILES string of the molecule is Cc1cccc(-n2nnnc2SCC(=O)Nc2ccccc2Br)c1. The molecule has 0 bridgehead atoms. The number of amides is 1. The highest BCUT2D eigenvalue weighted by Crippen LogP contribution is 2.23. The smallest absolute Gasteiger partial charge is 0.234 e. The van der Waals surface area contributed by atoms with Crippen molar-refractivity contribution in [2.45, 2.75) is 12.1 Å². The molecule has 2 aromatic carbocycles. The zero-order chi connectivity index (χ0) is 16.9. The number of carbonyl (C=O) groups is 1. The zero-order valence-electron chi connectivity index (χ0n) is 12.8. The maximum absolute atomic E-state index is 12.1. The number of rotatable bonds is 5. The molecule has 1 aromatic heterocycles. The Bertz CT molecular complexity index is 867. The van der Waals surface area contributed by atoms with Crippen LogP contribution in [-0.4, -0.2) is 31.9 Å². The molecular weight excluding hydrogens is 390 g/mol. The summed E-state index contributed by atoms with van der Waals surface area (Å²) in [5.74, 6) is 0.0961. The maximum atomic E-state index is 12.1. The lowest BCUT2D eigenvalue weighted by Gasteiger charge is -2.07. The first-order valence-electron chi connectivity index (χ1n) is 7.16. The number of benzene rings is 2. The number of anilines is 1. The van der Waals surface area contributed by atoms with Crippen LogP contribution in [0.4, 0.5) is 5.69 Å². The lowest BCUT2D eigenvalue weighted by molar-refractivity contribution is -0.113. The van der Waals surface area contributed by atoms with E-state index in [4.69, 9.17) is 0 Å². The van der Waals surface area contributed by atoms with Crippen molar-refractivity contribution in [3.05, 3.63) is 58.6 Å². The highest BCUT2D eigenvalue weighted by molar-refractivity contribution is 9.10. The van der Waals surface area contributed by atoms with Crippen LogP contribution in [0.3, 0.4) is 0 Å². The van der Waals surface area contributed by atoms with E-state index in [0.29, 0.717) is 5.16 Å². The van der Waals surface area contributed by atoms with Gasteiger partial charge in [0.05, 0.1) is 17.1 Å². The second-order valence-corrected chi connectivity index (χ2v) is 6.83. The quantitative estimate of drug-likeness (QED) is 0.660. The van der Waals surface area contributed by atoms with Gasteiger partial charge in [-0.05, 0) is 63.1 Å². The van der Waals surface area contributed by atoms with Crippen molar-refractivity contribution in [3.63, 3.8) is 0 Å².